The third-order valence-electron chi connectivity index (χ3n) is 6.32. The first kappa shape index (κ1) is 54.7. The Morgan fingerprint density at radius 1 is 0.585 bits per heavy atom. The van der Waals surface area contributed by atoms with Crippen LogP contribution >= 0.6 is 31.3 Å². The summed E-state index contributed by atoms with van der Waals surface area (Å²) in [5.74, 6) is 0. The van der Waals surface area contributed by atoms with E-state index >= 15 is 0 Å². The first-order valence-corrected chi connectivity index (χ1v) is 18.7. The van der Waals surface area contributed by atoms with Crippen LogP contribution in [-0.2, 0) is 49.7 Å². The van der Waals surface area contributed by atoms with E-state index in [0.717, 1.165) is 24.5 Å². The molecule has 27 nitrogen and oxygen atoms in total. The maximum atomic E-state index is 12.0. The van der Waals surface area contributed by atoms with Gasteiger partial charge in [0.15, 0.2) is 12.5 Å². The van der Waals surface area contributed by atoms with E-state index in [1.807, 2.05) is 9.97 Å². The van der Waals surface area contributed by atoms with Gasteiger partial charge in [-0.15, -0.1) is 0 Å². The van der Waals surface area contributed by atoms with Crippen molar-refractivity contribution in [3.63, 3.8) is 0 Å². The summed E-state index contributed by atoms with van der Waals surface area (Å²) in [4.78, 5) is 97.9. The molecule has 4 rings (SSSR count). The smallest absolute Gasteiger partial charge is 0.756 e. The molecule has 6 unspecified atom stereocenters. The summed E-state index contributed by atoms with van der Waals surface area (Å²) in [5.41, 5.74) is -3.89. The van der Waals surface area contributed by atoms with E-state index in [9.17, 15) is 77.4 Å². The molecule has 276 valence electrons. The van der Waals surface area contributed by atoms with Crippen LogP contribution in [0.4, 0.5) is 0 Å². The molecular weight excluding hydrogens is 856 g/mol. The third-order valence-corrected chi connectivity index (χ3v) is 12.0. The molecule has 12 atom stereocenters. The fourth-order valence-electron chi connectivity index (χ4n) is 4.22. The second-order valence-corrected chi connectivity index (χ2v) is 15.8. The second kappa shape index (κ2) is 21.8. The third kappa shape index (κ3) is 15.0. The van der Waals surface area contributed by atoms with Crippen molar-refractivity contribution in [1.82, 2.24) is 19.1 Å². The van der Waals surface area contributed by atoms with Crippen molar-refractivity contribution in [3.05, 3.63) is 66.2 Å². The number of aromatic nitrogens is 4. The van der Waals surface area contributed by atoms with Gasteiger partial charge < -0.3 is 58.5 Å². The molecule has 0 aromatic carbocycles. The van der Waals surface area contributed by atoms with Crippen molar-refractivity contribution in [3.8, 4) is 0 Å². The Bertz CT molecular complexity index is 1840. The van der Waals surface area contributed by atoms with Crippen LogP contribution in [-0.4, -0.2) is 89.4 Å². The molecule has 2 aromatic rings. The fourth-order valence-corrected chi connectivity index (χ4v) is 8.97. The van der Waals surface area contributed by atoms with E-state index in [4.69, 9.17) is 9.47 Å². The van der Waals surface area contributed by atoms with E-state index in [1.54, 1.807) is 0 Å². The molecule has 2 aliphatic rings. The molecule has 2 aromatic heterocycles. The van der Waals surface area contributed by atoms with Crippen LogP contribution in [0.2, 0.25) is 0 Å². The Kier molecular flexibility index (Phi) is 22.5. The predicted molar refractivity (Wildman–Crippen MR) is 140 cm³/mol. The summed E-state index contributed by atoms with van der Waals surface area (Å²) in [6, 6.07) is 1.68. The molecule has 6 N–H and O–H groups in total. The largest absolute Gasteiger partial charge is 1.00 e. The fraction of sp³-hybridized carbons (Fsp3) is 0.556. The zero-order chi connectivity index (χ0) is 36.7. The quantitative estimate of drug-likeness (QED) is 0.0758. The summed E-state index contributed by atoms with van der Waals surface area (Å²) in [5, 5.41) is 40.5. The summed E-state index contributed by atoms with van der Waals surface area (Å²) in [6.45, 7) is -2.66. The van der Waals surface area contributed by atoms with E-state index in [1.165, 1.54) is 0 Å². The van der Waals surface area contributed by atoms with Crippen LogP contribution < -0.4 is 160 Å². The maximum absolute atomic E-state index is 12.0. The summed E-state index contributed by atoms with van der Waals surface area (Å²) in [6.07, 6.45) is -13.2. The molecule has 2 aliphatic heterocycles. The van der Waals surface area contributed by atoms with Crippen LogP contribution in [0.25, 0.3) is 0 Å². The molecule has 53 heavy (non-hydrogen) atoms. The van der Waals surface area contributed by atoms with Gasteiger partial charge in [0.1, 0.15) is 36.6 Å². The minimum atomic E-state index is -6.64. The van der Waals surface area contributed by atoms with Gasteiger partial charge in [-0.25, -0.2) is 22.5 Å². The number of nitrogens with zero attached hydrogens (tertiary/aromatic N) is 2. The van der Waals surface area contributed by atoms with E-state index in [2.05, 4.69) is 22.0 Å². The Balaban J connectivity index is 0.00000676. The number of H-pyrrole nitrogens is 2. The van der Waals surface area contributed by atoms with Crippen LogP contribution in [0.5, 0.6) is 0 Å². The van der Waals surface area contributed by atoms with Gasteiger partial charge in [-0.05, 0) is 0 Å². The summed E-state index contributed by atoms with van der Waals surface area (Å²) in [7, 11) is -25.6. The number of aliphatic hydroxyl groups is 4. The first-order valence-electron chi connectivity index (χ1n) is 12.8. The summed E-state index contributed by atoms with van der Waals surface area (Å²) < 4.78 is 78.3. The number of rotatable bonds is 14. The molecule has 0 saturated carbocycles. The Morgan fingerprint density at radius 2 is 0.887 bits per heavy atom. The van der Waals surface area contributed by atoms with Gasteiger partial charge in [-0.1, -0.05) is 0 Å². The SMILES string of the molecule is O=c1ccn([C@@H]2O[C@H](COP(=O)([O-])OP(=O)([O-])OP(=O)([O-])OP(=O)([O-])OC[C@H]3O[C@@H](n4ccc(=O)[nH]c4=O)[C@@H](O)C3O)C(O)[C@@H]2O)c(=O)[nH]1.[Na+].[Na+].[Na+].[Na+]. The van der Waals surface area contributed by atoms with Crippen LogP contribution in [0, 0.1) is 0 Å². The van der Waals surface area contributed by atoms with Gasteiger partial charge in [0.2, 0.25) is 0 Å². The van der Waals surface area contributed by atoms with Crippen LogP contribution in [0.3, 0.4) is 0 Å². The molecule has 2 saturated heterocycles. The molecule has 0 bridgehead atoms. The normalized spacial score (nSPS) is 29.7. The molecule has 4 heterocycles. The van der Waals surface area contributed by atoms with E-state index in [0.29, 0.717) is 9.13 Å². The molecule has 0 amide bonds. The molecule has 35 heteroatoms. The number of phosphoric ester groups is 2. The van der Waals surface area contributed by atoms with Gasteiger partial charge in [0.25, 0.3) is 42.4 Å². The molecule has 0 spiro atoms. The monoisotopic (exact) mass is 878 g/mol. The minimum absolute atomic E-state index is 0. The predicted octanol–water partition coefficient (Wildman–Crippen LogP) is -18.7. The molecule has 2 fully saturated rings. The average Bonchev–Trinajstić information content (AvgIpc) is 3.38. The Morgan fingerprint density at radius 3 is 1.19 bits per heavy atom. The number of hydrogen-bond donors (Lipinski definition) is 6. The molecular formula is C18H22N4Na4O23P4. The van der Waals surface area contributed by atoms with Crippen molar-refractivity contribution in [2.24, 2.45) is 0 Å². The number of aliphatic hydroxyl groups excluding tert-OH is 4. The van der Waals surface area contributed by atoms with Crippen LogP contribution in [0.15, 0.2) is 43.7 Å². The topological polar surface area (TPSA) is 416 Å². The molecule has 0 aliphatic carbocycles. The number of phosphoric acid groups is 4. The van der Waals surface area contributed by atoms with Gasteiger partial charge in [0.05, 0.1) is 13.2 Å². The number of ether oxygens (including phenoxy) is 2. The van der Waals surface area contributed by atoms with E-state index in [-0.39, 0.29) is 118 Å². The maximum Gasteiger partial charge on any atom is 1.00 e. The van der Waals surface area contributed by atoms with Crippen molar-refractivity contribution in [1.29, 1.82) is 0 Å². The molecule has 0 radical (unpaired) electrons. The van der Waals surface area contributed by atoms with Crippen molar-refractivity contribution >= 4 is 31.3 Å². The van der Waals surface area contributed by atoms with Gasteiger partial charge in [-0.2, -0.15) is 0 Å². The zero-order valence-electron chi connectivity index (χ0n) is 27.6. The zero-order valence-corrected chi connectivity index (χ0v) is 39.1. The van der Waals surface area contributed by atoms with Crippen LogP contribution in [0.1, 0.15) is 12.5 Å². The number of nitrogens with one attached hydrogen (secondary N) is 2. The van der Waals surface area contributed by atoms with Gasteiger partial charge >= 0.3 is 130 Å². The Hall–Kier alpha value is 1.68. The average molecular weight is 878 g/mol. The van der Waals surface area contributed by atoms with Gasteiger partial charge in [-0.3, -0.25) is 47.0 Å². The van der Waals surface area contributed by atoms with Crippen molar-refractivity contribution in [2.75, 3.05) is 13.2 Å². The Labute approximate surface area is 382 Å². The first-order chi connectivity index (χ1) is 22.5. The van der Waals surface area contributed by atoms with Crippen molar-refractivity contribution < 1.29 is 208 Å². The van der Waals surface area contributed by atoms with Crippen molar-refractivity contribution in [2.45, 2.75) is 49.1 Å². The summed E-state index contributed by atoms with van der Waals surface area (Å²) >= 11 is 0. The number of hydrogen-bond acceptors (Lipinski definition) is 23. The number of aromatic amines is 2. The minimum Gasteiger partial charge on any atom is -0.756 e. The standard InChI is InChI=1S/C18H26N4O23P4.4Na/c23-9-1-3-21(17(29)19-9)15-13(27)11(25)7(41-15)5-39-46(31,32)43-48(35,36)45-49(37,38)44-47(33,34)40-6-8-12(26)14(28)16(42-8)22-4-2-10(24)20-18(22)30;;;;/h1-4,7-8,11-16,25-28H,5-6H2,(H,31,32)(H,33,34)(H,35,36)(H,37,38)(H,19,23,29)(H,20,24,30);;;;/q;4*+1/p-4/t7-,8-,11?,12?,13+,14+,15-,16-;;;;/m1..../s1. The second-order valence-electron chi connectivity index (χ2n) is 9.75. The van der Waals surface area contributed by atoms with E-state index < -0.39 is 116 Å². The van der Waals surface area contributed by atoms with Gasteiger partial charge in [0, 0.05) is 24.5 Å².